The molecule has 0 aliphatic carbocycles. The summed E-state index contributed by atoms with van der Waals surface area (Å²) in [4.78, 5) is 13.6. The molecule has 136 valence electrons. The number of rotatable bonds is 9. The molecule has 0 amide bonds. The van der Waals surface area contributed by atoms with Gasteiger partial charge in [-0.3, -0.25) is 24.4 Å². The van der Waals surface area contributed by atoms with Gasteiger partial charge in [0.15, 0.2) is 0 Å². The number of nitrogens with zero attached hydrogens (tertiary/aromatic N) is 7. The van der Waals surface area contributed by atoms with Crippen LogP contribution < -0.4 is 0 Å². The average Bonchev–Trinajstić information content (AvgIpc) is 3.06. The van der Waals surface area contributed by atoms with Crippen molar-refractivity contribution in [3.8, 4) is 0 Å². The standard InChI is InChI=1S/C19H25N7/c1-24(13-19-14-25(2)23-22-19)11-12-26(15-17-7-3-5-9-20-17)16-18-8-4-6-10-21-18/h3-10,14H,11-13,15-16H2,1-2H3. The van der Waals surface area contributed by atoms with Crippen molar-refractivity contribution < 1.29 is 0 Å². The summed E-state index contributed by atoms with van der Waals surface area (Å²) in [5.74, 6) is 0. The van der Waals surface area contributed by atoms with E-state index >= 15 is 0 Å². The molecule has 0 spiro atoms. The molecule has 3 aromatic rings. The van der Waals surface area contributed by atoms with Crippen LogP contribution in [0.1, 0.15) is 17.1 Å². The summed E-state index contributed by atoms with van der Waals surface area (Å²) in [5.41, 5.74) is 3.12. The minimum absolute atomic E-state index is 0.787. The molecule has 7 nitrogen and oxygen atoms in total. The molecule has 0 fully saturated rings. The second-order valence-electron chi connectivity index (χ2n) is 6.47. The third-order valence-corrected chi connectivity index (χ3v) is 4.10. The van der Waals surface area contributed by atoms with Crippen LogP contribution in [0.2, 0.25) is 0 Å². The molecule has 0 N–H and O–H groups in total. The molecule has 0 saturated carbocycles. The summed E-state index contributed by atoms with van der Waals surface area (Å²) in [5, 5.41) is 8.15. The van der Waals surface area contributed by atoms with Crippen molar-refractivity contribution in [1.29, 1.82) is 0 Å². The first kappa shape index (κ1) is 18.2. The number of pyridine rings is 2. The Balaban J connectivity index is 1.59. The lowest BCUT2D eigenvalue weighted by Crippen LogP contribution is -2.33. The molecule has 26 heavy (non-hydrogen) atoms. The van der Waals surface area contributed by atoms with Crippen LogP contribution in [-0.2, 0) is 26.7 Å². The summed E-state index contributed by atoms with van der Waals surface area (Å²) >= 11 is 0. The van der Waals surface area contributed by atoms with Crippen LogP contribution in [0, 0.1) is 0 Å². The quantitative estimate of drug-likeness (QED) is 0.585. The van der Waals surface area contributed by atoms with Gasteiger partial charge in [-0.15, -0.1) is 5.10 Å². The molecule has 7 heteroatoms. The van der Waals surface area contributed by atoms with E-state index in [-0.39, 0.29) is 0 Å². The van der Waals surface area contributed by atoms with Crippen molar-refractivity contribution in [3.05, 3.63) is 72.1 Å². The summed E-state index contributed by atoms with van der Waals surface area (Å²) in [6.45, 7) is 4.24. The molecule has 0 unspecified atom stereocenters. The monoisotopic (exact) mass is 351 g/mol. The largest absolute Gasteiger partial charge is 0.299 e. The smallest absolute Gasteiger partial charge is 0.0966 e. The number of hydrogen-bond donors (Lipinski definition) is 0. The fraction of sp³-hybridized carbons (Fsp3) is 0.368. The number of hydrogen-bond acceptors (Lipinski definition) is 6. The van der Waals surface area contributed by atoms with Gasteiger partial charge < -0.3 is 0 Å². The Morgan fingerprint density at radius 2 is 1.50 bits per heavy atom. The Morgan fingerprint density at radius 3 is 2.00 bits per heavy atom. The highest BCUT2D eigenvalue weighted by molar-refractivity contribution is 5.06. The highest BCUT2D eigenvalue weighted by Crippen LogP contribution is 2.07. The summed E-state index contributed by atoms with van der Waals surface area (Å²) in [6, 6.07) is 12.1. The molecule has 0 aliphatic rings. The van der Waals surface area contributed by atoms with Crippen molar-refractivity contribution in [2.75, 3.05) is 20.1 Å². The fourth-order valence-corrected chi connectivity index (χ4v) is 2.79. The molecule has 3 heterocycles. The van der Waals surface area contributed by atoms with E-state index in [0.29, 0.717) is 0 Å². The van der Waals surface area contributed by atoms with Crippen molar-refractivity contribution >= 4 is 0 Å². The van der Waals surface area contributed by atoms with Gasteiger partial charge in [0.05, 0.1) is 17.1 Å². The van der Waals surface area contributed by atoms with Gasteiger partial charge in [-0.1, -0.05) is 17.3 Å². The predicted molar refractivity (Wildman–Crippen MR) is 99.9 cm³/mol. The molecule has 3 aromatic heterocycles. The molecule has 0 bridgehead atoms. The molecule has 0 aliphatic heterocycles. The molecular weight excluding hydrogens is 326 g/mol. The van der Waals surface area contributed by atoms with E-state index in [1.165, 1.54) is 0 Å². The van der Waals surface area contributed by atoms with Crippen LogP contribution in [0.3, 0.4) is 0 Å². The maximum Gasteiger partial charge on any atom is 0.0966 e. The zero-order valence-electron chi connectivity index (χ0n) is 15.4. The molecule has 0 saturated heterocycles. The maximum atomic E-state index is 4.46. The van der Waals surface area contributed by atoms with Gasteiger partial charge in [-0.05, 0) is 31.3 Å². The Bertz CT molecular complexity index is 731. The lowest BCUT2D eigenvalue weighted by molar-refractivity contribution is 0.204. The zero-order valence-corrected chi connectivity index (χ0v) is 15.4. The van der Waals surface area contributed by atoms with Gasteiger partial charge in [0.25, 0.3) is 0 Å². The van der Waals surface area contributed by atoms with E-state index in [4.69, 9.17) is 0 Å². The van der Waals surface area contributed by atoms with E-state index in [0.717, 1.165) is 49.8 Å². The minimum Gasteiger partial charge on any atom is -0.299 e. The second-order valence-corrected chi connectivity index (χ2v) is 6.47. The third kappa shape index (κ3) is 5.72. The third-order valence-electron chi connectivity index (χ3n) is 4.10. The number of aromatic nitrogens is 5. The highest BCUT2D eigenvalue weighted by Gasteiger charge is 2.11. The van der Waals surface area contributed by atoms with Crippen LogP contribution in [0.5, 0.6) is 0 Å². The molecule has 3 rings (SSSR count). The minimum atomic E-state index is 0.787. The van der Waals surface area contributed by atoms with Crippen molar-refractivity contribution in [1.82, 2.24) is 34.8 Å². The van der Waals surface area contributed by atoms with E-state index < -0.39 is 0 Å². The lowest BCUT2D eigenvalue weighted by atomic mass is 10.2. The normalized spacial score (nSPS) is 11.4. The number of aryl methyl sites for hydroxylation is 1. The van der Waals surface area contributed by atoms with Crippen LogP contribution in [0.25, 0.3) is 0 Å². The van der Waals surface area contributed by atoms with Crippen molar-refractivity contribution in [3.63, 3.8) is 0 Å². The van der Waals surface area contributed by atoms with Gasteiger partial charge >= 0.3 is 0 Å². The zero-order chi connectivity index (χ0) is 18.2. The highest BCUT2D eigenvalue weighted by atomic mass is 15.4. The summed E-state index contributed by atoms with van der Waals surface area (Å²) in [7, 11) is 3.99. The summed E-state index contributed by atoms with van der Waals surface area (Å²) in [6.07, 6.45) is 5.64. The lowest BCUT2D eigenvalue weighted by Gasteiger charge is -2.24. The first-order chi connectivity index (χ1) is 12.7. The first-order valence-electron chi connectivity index (χ1n) is 8.75. The van der Waals surface area contributed by atoms with Crippen LogP contribution in [-0.4, -0.2) is 54.9 Å². The Morgan fingerprint density at radius 1 is 0.846 bits per heavy atom. The van der Waals surface area contributed by atoms with E-state index in [9.17, 15) is 0 Å². The fourth-order valence-electron chi connectivity index (χ4n) is 2.79. The first-order valence-corrected chi connectivity index (χ1v) is 8.75. The molecular formula is C19H25N7. The van der Waals surface area contributed by atoms with Gasteiger partial charge in [0.1, 0.15) is 0 Å². The average molecular weight is 351 g/mol. The second kappa shape index (κ2) is 9.17. The molecule has 0 aromatic carbocycles. The number of likely N-dealkylation sites (N-methyl/N-ethyl adjacent to an activating group) is 1. The van der Waals surface area contributed by atoms with Gasteiger partial charge in [0.2, 0.25) is 0 Å². The predicted octanol–water partition coefficient (Wildman–Crippen LogP) is 1.74. The van der Waals surface area contributed by atoms with E-state index in [2.05, 4.69) is 49.3 Å². The van der Waals surface area contributed by atoms with E-state index in [1.54, 1.807) is 4.68 Å². The SMILES string of the molecule is CN(CCN(Cc1ccccn1)Cc1ccccn1)Cc1cn(C)nn1. The molecule has 0 atom stereocenters. The molecule has 0 radical (unpaired) electrons. The van der Waals surface area contributed by atoms with Gasteiger partial charge in [-0.25, -0.2) is 0 Å². The van der Waals surface area contributed by atoms with Crippen LogP contribution in [0.15, 0.2) is 55.0 Å². The Hall–Kier alpha value is -2.64. The Kier molecular flexibility index (Phi) is 6.40. The van der Waals surface area contributed by atoms with Crippen molar-refractivity contribution in [2.24, 2.45) is 7.05 Å². The van der Waals surface area contributed by atoms with E-state index in [1.807, 2.05) is 49.9 Å². The summed E-state index contributed by atoms with van der Waals surface area (Å²) < 4.78 is 1.73. The Labute approximate surface area is 154 Å². The van der Waals surface area contributed by atoms with Gasteiger partial charge in [-0.2, -0.15) is 0 Å². The van der Waals surface area contributed by atoms with Crippen molar-refractivity contribution in [2.45, 2.75) is 19.6 Å². The van der Waals surface area contributed by atoms with Crippen LogP contribution >= 0.6 is 0 Å². The maximum absolute atomic E-state index is 4.46. The van der Waals surface area contributed by atoms with Crippen LogP contribution in [0.4, 0.5) is 0 Å². The topological polar surface area (TPSA) is 63.0 Å². The van der Waals surface area contributed by atoms with Gasteiger partial charge in [0, 0.05) is 58.4 Å².